The topological polar surface area (TPSA) is 50.1 Å². The Balaban J connectivity index is 2.69. The number of halogens is 1. The Morgan fingerprint density at radius 2 is 2.12 bits per heavy atom. The van der Waals surface area contributed by atoms with E-state index in [0.29, 0.717) is 16.3 Å². The average molecular weight is 252 g/mol. The number of ether oxygens (including phenoxy) is 1. The van der Waals surface area contributed by atoms with Crippen LogP contribution in [0.5, 0.6) is 5.75 Å². The van der Waals surface area contributed by atoms with E-state index in [2.05, 4.69) is 0 Å². The van der Waals surface area contributed by atoms with E-state index < -0.39 is 5.41 Å². The molecule has 0 aliphatic rings. The molecule has 4 heteroatoms. The fourth-order valence-electron chi connectivity index (χ4n) is 1.04. The zero-order valence-corrected chi connectivity index (χ0v) is 10.8. The normalized spacial score (nSPS) is 10.8. The lowest BCUT2D eigenvalue weighted by Gasteiger charge is -2.16. The molecule has 0 spiro atoms. The van der Waals surface area contributed by atoms with Gasteiger partial charge in [0.15, 0.2) is 5.78 Å². The molecule has 0 radical (unpaired) electrons. The van der Waals surface area contributed by atoms with E-state index in [-0.39, 0.29) is 12.4 Å². The summed E-state index contributed by atoms with van der Waals surface area (Å²) in [6.45, 7) is 5.52. The van der Waals surface area contributed by atoms with Gasteiger partial charge in [-0.15, -0.1) is 0 Å². The van der Waals surface area contributed by atoms with Crippen LogP contribution in [0.2, 0.25) is 5.02 Å². The highest BCUT2D eigenvalue weighted by atomic mass is 35.5. The SMILES string of the molecule is CC(C)(C)C(=O)COc1ccc(C#N)c(Cl)c1. The molecule has 0 saturated heterocycles. The van der Waals surface area contributed by atoms with Crippen LogP contribution in [0.4, 0.5) is 0 Å². The number of carbonyl (C=O) groups excluding carboxylic acids is 1. The van der Waals surface area contributed by atoms with Gasteiger partial charge in [-0.3, -0.25) is 4.79 Å². The number of hydrogen-bond acceptors (Lipinski definition) is 3. The molecule has 90 valence electrons. The molecule has 0 aliphatic carbocycles. The van der Waals surface area contributed by atoms with Gasteiger partial charge in [-0.05, 0) is 12.1 Å². The lowest BCUT2D eigenvalue weighted by atomic mass is 9.91. The van der Waals surface area contributed by atoms with Gasteiger partial charge in [-0.1, -0.05) is 32.4 Å². The van der Waals surface area contributed by atoms with Crippen LogP contribution in [0.15, 0.2) is 18.2 Å². The molecule has 0 bridgehead atoms. The maximum Gasteiger partial charge on any atom is 0.175 e. The molecule has 1 rings (SSSR count). The van der Waals surface area contributed by atoms with E-state index in [0.717, 1.165) is 0 Å². The van der Waals surface area contributed by atoms with E-state index in [1.165, 1.54) is 6.07 Å². The number of nitriles is 1. The molecule has 0 N–H and O–H groups in total. The monoisotopic (exact) mass is 251 g/mol. The summed E-state index contributed by atoms with van der Waals surface area (Å²) in [5.74, 6) is 0.504. The van der Waals surface area contributed by atoms with Crippen molar-refractivity contribution in [3.63, 3.8) is 0 Å². The quantitative estimate of drug-likeness (QED) is 0.829. The van der Waals surface area contributed by atoms with E-state index in [4.69, 9.17) is 21.6 Å². The standard InChI is InChI=1S/C13H14ClNO2/c1-13(2,3)12(16)8-17-10-5-4-9(7-15)11(14)6-10/h4-6H,8H2,1-3H3. The van der Waals surface area contributed by atoms with Gasteiger partial charge >= 0.3 is 0 Å². The largest absolute Gasteiger partial charge is 0.486 e. The summed E-state index contributed by atoms with van der Waals surface area (Å²) >= 11 is 5.85. The minimum absolute atomic E-state index is 0.00568. The second kappa shape index (κ2) is 5.20. The molecule has 0 aromatic heterocycles. The van der Waals surface area contributed by atoms with E-state index >= 15 is 0 Å². The van der Waals surface area contributed by atoms with E-state index in [1.807, 2.05) is 26.8 Å². The molecule has 1 aromatic rings. The van der Waals surface area contributed by atoms with Crippen LogP contribution in [0, 0.1) is 16.7 Å². The molecular formula is C13H14ClNO2. The highest BCUT2D eigenvalue weighted by molar-refractivity contribution is 6.31. The van der Waals surface area contributed by atoms with Crippen molar-refractivity contribution in [1.82, 2.24) is 0 Å². The number of Topliss-reactive ketones (excluding diaryl/α,β-unsaturated/α-hetero) is 1. The summed E-state index contributed by atoms with van der Waals surface area (Å²) in [6.07, 6.45) is 0. The predicted molar refractivity (Wildman–Crippen MR) is 66.1 cm³/mol. The summed E-state index contributed by atoms with van der Waals surface area (Å²) in [4.78, 5) is 11.6. The molecule has 1 aromatic carbocycles. The highest BCUT2D eigenvalue weighted by Gasteiger charge is 2.21. The summed E-state index contributed by atoms with van der Waals surface area (Å²) in [7, 11) is 0. The number of carbonyl (C=O) groups is 1. The molecule has 3 nitrogen and oxygen atoms in total. The van der Waals surface area contributed by atoms with Crippen molar-refractivity contribution in [2.45, 2.75) is 20.8 Å². The second-order valence-electron chi connectivity index (χ2n) is 4.72. The number of rotatable bonds is 3. The Labute approximate surface area is 106 Å². The maximum atomic E-state index is 11.6. The van der Waals surface area contributed by atoms with Crippen molar-refractivity contribution < 1.29 is 9.53 Å². The third-order valence-electron chi connectivity index (χ3n) is 2.27. The lowest BCUT2D eigenvalue weighted by Crippen LogP contribution is -2.26. The van der Waals surface area contributed by atoms with Gasteiger partial charge in [0.1, 0.15) is 18.4 Å². The Morgan fingerprint density at radius 1 is 1.47 bits per heavy atom. The Bertz CT molecular complexity index is 469. The second-order valence-corrected chi connectivity index (χ2v) is 5.12. The summed E-state index contributed by atoms with van der Waals surface area (Å²) < 4.78 is 5.33. The summed E-state index contributed by atoms with van der Waals surface area (Å²) in [5, 5.41) is 9.03. The molecule has 0 aliphatic heterocycles. The fraction of sp³-hybridized carbons (Fsp3) is 0.385. The van der Waals surface area contributed by atoms with Crippen molar-refractivity contribution >= 4 is 17.4 Å². The summed E-state index contributed by atoms with van der Waals surface area (Å²) in [5.41, 5.74) is -0.0303. The Kier molecular flexibility index (Phi) is 4.14. The van der Waals surface area contributed by atoms with Crippen LogP contribution in [-0.2, 0) is 4.79 Å². The number of nitrogens with zero attached hydrogens (tertiary/aromatic N) is 1. The van der Waals surface area contributed by atoms with Gasteiger partial charge in [0, 0.05) is 11.5 Å². The molecule has 0 atom stereocenters. The van der Waals surface area contributed by atoms with E-state index in [9.17, 15) is 4.79 Å². The van der Waals surface area contributed by atoms with Crippen LogP contribution >= 0.6 is 11.6 Å². The van der Waals surface area contributed by atoms with Gasteiger partial charge in [0.05, 0.1) is 10.6 Å². The summed E-state index contributed by atoms with van der Waals surface area (Å²) in [6, 6.07) is 6.69. The van der Waals surface area contributed by atoms with Gasteiger partial charge in [0.2, 0.25) is 0 Å². The minimum Gasteiger partial charge on any atom is -0.486 e. The van der Waals surface area contributed by atoms with Crippen LogP contribution < -0.4 is 4.74 Å². The Morgan fingerprint density at radius 3 is 2.59 bits per heavy atom. The van der Waals surface area contributed by atoms with Crippen molar-refractivity contribution in [3.05, 3.63) is 28.8 Å². The molecule has 0 fully saturated rings. The first-order valence-corrected chi connectivity index (χ1v) is 5.58. The van der Waals surface area contributed by atoms with Crippen LogP contribution in [0.25, 0.3) is 0 Å². The van der Waals surface area contributed by atoms with Gasteiger partial charge in [-0.2, -0.15) is 5.26 Å². The van der Waals surface area contributed by atoms with Crippen LogP contribution in [0.1, 0.15) is 26.3 Å². The third kappa shape index (κ3) is 3.76. The molecule has 0 heterocycles. The molecular weight excluding hydrogens is 238 g/mol. The van der Waals surface area contributed by atoms with Crippen molar-refractivity contribution in [3.8, 4) is 11.8 Å². The zero-order valence-electron chi connectivity index (χ0n) is 10.1. The van der Waals surface area contributed by atoms with E-state index in [1.54, 1.807) is 12.1 Å². The lowest BCUT2D eigenvalue weighted by molar-refractivity contribution is -0.128. The predicted octanol–water partition coefficient (Wildman–Crippen LogP) is 3.21. The van der Waals surface area contributed by atoms with Crippen LogP contribution in [0.3, 0.4) is 0 Å². The van der Waals surface area contributed by atoms with Crippen molar-refractivity contribution in [1.29, 1.82) is 5.26 Å². The molecule has 17 heavy (non-hydrogen) atoms. The highest BCUT2D eigenvalue weighted by Crippen LogP contribution is 2.22. The van der Waals surface area contributed by atoms with Gasteiger partial charge in [-0.25, -0.2) is 0 Å². The fourth-order valence-corrected chi connectivity index (χ4v) is 1.25. The average Bonchev–Trinajstić information content (AvgIpc) is 2.24. The molecule has 0 amide bonds. The number of benzene rings is 1. The zero-order chi connectivity index (χ0) is 13.1. The number of ketones is 1. The van der Waals surface area contributed by atoms with Gasteiger partial charge in [0.25, 0.3) is 0 Å². The maximum absolute atomic E-state index is 11.6. The minimum atomic E-state index is -0.420. The smallest absolute Gasteiger partial charge is 0.175 e. The molecule has 0 saturated carbocycles. The first-order valence-electron chi connectivity index (χ1n) is 5.20. The van der Waals surface area contributed by atoms with Gasteiger partial charge < -0.3 is 4.74 Å². The van der Waals surface area contributed by atoms with Crippen LogP contribution in [-0.4, -0.2) is 12.4 Å². The number of hydrogen-bond donors (Lipinski definition) is 0. The van der Waals surface area contributed by atoms with Crippen molar-refractivity contribution in [2.24, 2.45) is 5.41 Å². The first-order chi connectivity index (χ1) is 7.84. The molecule has 0 unspecified atom stereocenters. The first kappa shape index (κ1) is 13.5. The van der Waals surface area contributed by atoms with Crippen molar-refractivity contribution in [2.75, 3.05) is 6.61 Å². The Hall–Kier alpha value is -1.53. The third-order valence-corrected chi connectivity index (χ3v) is 2.58.